The second-order valence-corrected chi connectivity index (χ2v) is 4.46. The standard InChI is InChI=1S/C12H10ClNO4/c1-7-4-9(12(15)18-7)5-8-2-3-10(13)11(6-8)14(16)17/h2-3,5-7H,4H2,1H3/b9-5+/t7-/m0/s1. The summed E-state index contributed by atoms with van der Waals surface area (Å²) in [6.07, 6.45) is 1.95. The van der Waals surface area contributed by atoms with Crippen LogP contribution in [-0.2, 0) is 9.53 Å². The first-order valence-electron chi connectivity index (χ1n) is 5.33. The van der Waals surface area contributed by atoms with Gasteiger partial charge < -0.3 is 4.74 Å². The summed E-state index contributed by atoms with van der Waals surface area (Å²) in [5.74, 6) is -0.375. The van der Waals surface area contributed by atoms with Gasteiger partial charge in [0.25, 0.3) is 5.69 Å². The highest BCUT2D eigenvalue weighted by Crippen LogP contribution is 2.28. The van der Waals surface area contributed by atoms with E-state index in [9.17, 15) is 14.9 Å². The zero-order valence-electron chi connectivity index (χ0n) is 9.55. The van der Waals surface area contributed by atoms with Gasteiger partial charge in [-0.25, -0.2) is 4.79 Å². The summed E-state index contributed by atoms with van der Waals surface area (Å²) in [5.41, 5.74) is 0.900. The summed E-state index contributed by atoms with van der Waals surface area (Å²) in [6, 6.07) is 4.40. The first kappa shape index (κ1) is 12.6. The molecule has 0 unspecified atom stereocenters. The van der Waals surface area contributed by atoms with Crippen molar-refractivity contribution in [2.45, 2.75) is 19.4 Å². The molecule has 0 bridgehead atoms. The van der Waals surface area contributed by atoms with E-state index in [4.69, 9.17) is 16.3 Å². The van der Waals surface area contributed by atoms with Crippen molar-refractivity contribution in [3.63, 3.8) is 0 Å². The average Bonchev–Trinajstić information content (AvgIpc) is 2.60. The maximum absolute atomic E-state index is 11.4. The summed E-state index contributed by atoms with van der Waals surface area (Å²) >= 11 is 5.71. The molecule has 1 saturated heterocycles. The maximum Gasteiger partial charge on any atom is 0.334 e. The van der Waals surface area contributed by atoms with Crippen LogP contribution in [0.1, 0.15) is 18.9 Å². The first-order valence-corrected chi connectivity index (χ1v) is 5.70. The largest absolute Gasteiger partial charge is 0.459 e. The second-order valence-electron chi connectivity index (χ2n) is 4.06. The number of benzene rings is 1. The number of hydrogen-bond acceptors (Lipinski definition) is 4. The molecule has 0 saturated carbocycles. The quantitative estimate of drug-likeness (QED) is 0.357. The van der Waals surface area contributed by atoms with Crippen LogP contribution in [0.5, 0.6) is 0 Å². The van der Waals surface area contributed by atoms with Gasteiger partial charge in [0.05, 0.1) is 4.92 Å². The Balaban J connectivity index is 2.35. The molecule has 5 nitrogen and oxygen atoms in total. The molecule has 0 aromatic heterocycles. The van der Waals surface area contributed by atoms with Gasteiger partial charge in [0, 0.05) is 18.1 Å². The van der Waals surface area contributed by atoms with E-state index in [-0.39, 0.29) is 22.8 Å². The van der Waals surface area contributed by atoms with Crippen LogP contribution in [0.15, 0.2) is 23.8 Å². The lowest BCUT2D eigenvalue weighted by Gasteiger charge is -1.98. The molecular formula is C12H10ClNO4. The van der Waals surface area contributed by atoms with Crippen LogP contribution in [0.3, 0.4) is 0 Å². The number of esters is 1. The van der Waals surface area contributed by atoms with Crippen molar-refractivity contribution >= 4 is 29.3 Å². The fourth-order valence-corrected chi connectivity index (χ4v) is 1.96. The van der Waals surface area contributed by atoms with Crippen molar-refractivity contribution in [3.8, 4) is 0 Å². The average molecular weight is 268 g/mol. The molecule has 1 atom stereocenters. The summed E-state index contributed by atoms with van der Waals surface area (Å²) < 4.78 is 4.98. The van der Waals surface area contributed by atoms with E-state index in [2.05, 4.69) is 0 Å². The Morgan fingerprint density at radius 2 is 2.28 bits per heavy atom. The number of nitro groups is 1. The number of rotatable bonds is 2. The van der Waals surface area contributed by atoms with Gasteiger partial charge in [0.2, 0.25) is 0 Å². The van der Waals surface area contributed by atoms with Crippen LogP contribution in [0.25, 0.3) is 6.08 Å². The van der Waals surface area contributed by atoms with Gasteiger partial charge in [-0.2, -0.15) is 0 Å². The molecule has 1 aromatic carbocycles. The van der Waals surface area contributed by atoms with Crippen LogP contribution in [0.4, 0.5) is 5.69 Å². The Morgan fingerprint density at radius 1 is 1.56 bits per heavy atom. The van der Waals surface area contributed by atoms with E-state index in [0.29, 0.717) is 17.6 Å². The van der Waals surface area contributed by atoms with Gasteiger partial charge in [-0.05, 0) is 24.6 Å². The molecule has 1 heterocycles. The van der Waals surface area contributed by atoms with E-state index in [1.807, 2.05) is 0 Å². The highest BCUT2D eigenvalue weighted by Gasteiger charge is 2.25. The number of hydrogen-bond donors (Lipinski definition) is 0. The lowest BCUT2D eigenvalue weighted by molar-refractivity contribution is -0.384. The van der Waals surface area contributed by atoms with Gasteiger partial charge in [-0.3, -0.25) is 10.1 Å². The highest BCUT2D eigenvalue weighted by molar-refractivity contribution is 6.32. The van der Waals surface area contributed by atoms with Gasteiger partial charge in [-0.15, -0.1) is 0 Å². The minimum Gasteiger partial charge on any atom is -0.459 e. The molecule has 18 heavy (non-hydrogen) atoms. The Bertz CT molecular complexity index is 553. The van der Waals surface area contributed by atoms with Crippen molar-refractivity contribution in [1.82, 2.24) is 0 Å². The molecule has 1 fully saturated rings. The van der Waals surface area contributed by atoms with Crippen molar-refractivity contribution in [2.75, 3.05) is 0 Å². The van der Waals surface area contributed by atoms with Crippen LogP contribution in [0.2, 0.25) is 5.02 Å². The minimum absolute atomic E-state index is 0.0736. The molecule has 1 aliphatic rings. The minimum atomic E-state index is -0.556. The fourth-order valence-electron chi connectivity index (χ4n) is 1.77. The zero-order chi connectivity index (χ0) is 13.3. The molecule has 0 radical (unpaired) electrons. The number of carbonyl (C=O) groups is 1. The van der Waals surface area contributed by atoms with Gasteiger partial charge in [0.1, 0.15) is 11.1 Å². The molecule has 0 amide bonds. The third-order valence-corrected chi connectivity index (χ3v) is 2.91. The molecule has 6 heteroatoms. The topological polar surface area (TPSA) is 69.4 Å². The number of halogens is 1. The smallest absolute Gasteiger partial charge is 0.334 e. The molecule has 1 aliphatic heterocycles. The maximum atomic E-state index is 11.4. The van der Waals surface area contributed by atoms with E-state index >= 15 is 0 Å². The van der Waals surface area contributed by atoms with Gasteiger partial charge in [-0.1, -0.05) is 17.7 Å². The molecule has 2 rings (SSSR count). The molecule has 0 N–H and O–H groups in total. The van der Waals surface area contributed by atoms with Crippen molar-refractivity contribution in [1.29, 1.82) is 0 Å². The Morgan fingerprint density at radius 3 is 2.83 bits per heavy atom. The zero-order valence-corrected chi connectivity index (χ0v) is 10.3. The Kier molecular flexibility index (Phi) is 3.34. The second kappa shape index (κ2) is 4.78. The number of carbonyl (C=O) groups excluding carboxylic acids is 1. The summed E-state index contributed by atoms with van der Waals surface area (Å²) in [4.78, 5) is 21.6. The number of nitro benzene ring substituents is 1. The lowest BCUT2D eigenvalue weighted by atomic mass is 10.1. The molecular weight excluding hydrogens is 258 g/mol. The summed E-state index contributed by atoms with van der Waals surface area (Å²) in [6.45, 7) is 1.79. The van der Waals surface area contributed by atoms with Crippen molar-refractivity contribution < 1.29 is 14.5 Å². The first-order chi connectivity index (χ1) is 8.47. The Labute approximate surface area is 108 Å². The summed E-state index contributed by atoms with van der Waals surface area (Å²) in [7, 11) is 0. The third-order valence-electron chi connectivity index (χ3n) is 2.59. The fraction of sp³-hybridized carbons (Fsp3) is 0.250. The van der Waals surface area contributed by atoms with E-state index in [1.54, 1.807) is 19.1 Å². The molecule has 1 aromatic rings. The SMILES string of the molecule is C[C@H]1C/C(=C\c2ccc(Cl)c([N+](=O)[O-])c2)C(=O)O1. The normalized spacial score (nSPS) is 21.1. The number of cyclic esters (lactones) is 1. The van der Waals surface area contributed by atoms with E-state index < -0.39 is 4.92 Å². The van der Waals surface area contributed by atoms with Gasteiger partial charge >= 0.3 is 5.97 Å². The predicted molar refractivity (Wildman–Crippen MR) is 66.3 cm³/mol. The van der Waals surface area contributed by atoms with Gasteiger partial charge in [0.15, 0.2) is 0 Å². The van der Waals surface area contributed by atoms with Crippen LogP contribution in [-0.4, -0.2) is 17.0 Å². The monoisotopic (exact) mass is 267 g/mol. The number of nitrogens with zero attached hydrogens (tertiary/aromatic N) is 1. The Hall–Kier alpha value is -1.88. The lowest BCUT2D eigenvalue weighted by Crippen LogP contribution is -1.99. The van der Waals surface area contributed by atoms with Crippen LogP contribution in [0, 0.1) is 10.1 Å². The number of ether oxygens (including phenoxy) is 1. The highest BCUT2D eigenvalue weighted by atomic mass is 35.5. The van der Waals surface area contributed by atoms with Crippen LogP contribution < -0.4 is 0 Å². The molecule has 94 valence electrons. The third kappa shape index (κ3) is 2.51. The molecule has 0 spiro atoms. The molecule has 0 aliphatic carbocycles. The van der Waals surface area contributed by atoms with Crippen LogP contribution >= 0.6 is 11.6 Å². The van der Waals surface area contributed by atoms with E-state index in [1.165, 1.54) is 12.1 Å². The summed E-state index contributed by atoms with van der Waals surface area (Å²) in [5, 5.41) is 10.8. The van der Waals surface area contributed by atoms with Crippen molar-refractivity contribution in [2.24, 2.45) is 0 Å². The predicted octanol–water partition coefficient (Wildman–Crippen LogP) is 2.97. The van der Waals surface area contributed by atoms with E-state index in [0.717, 1.165) is 0 Å². The van der Waals surface area contributed by atoms with Crippen molar-refractivity contribution in [3.05, 3.63) is 44.5 Å².